The number of esters is 1. The second-order valence-corrected chi connectivity index (χ2v) is 9.96. The van der Waals surface area contributed by atoms with Gasteiger partial charge in [-0.05, 0) is 54.6 Å². The van der Waals surface area contributed by atoms with Crippen molar-refractivity contribution in [2.45, 2.75) is 4.90 Å². The summed E-state index contributed by atoms with van der Waals surface area (Å²) in [5.74, 6) is -0.333. The van der Waals surface area contributed by atoms with E-state index in [9.17, 15) is 18.0 Å². The van der Waals surface area contributed by atoms with Crippen LogP contribution in [-0.2, 0) is 14.8 Å². The lowest BCUT2D eigenvalue weighted by Gasteiger charge is -2.10. The zero-order valence-corrected chi connectivity index (χ0v) is 20.9. The summed E-state index contributed by atoms with van der Waals surface area (Å²) in [4.78, 5) is 28.9. The van der Waals surface area contributed by atoms with Gasteiger partial charge in [-0.2, -0.15) is 0 Å². The highest BCUT2D eigenvalue weighted by Gasteiger charge is 2.16. The van der Waals surface area contributed by atoms with Crippen molar-refractivity contribution in [1.82, 2.24) is 4.98 Å². The number of carbonyl (C=O) groups excluding carboxylic acids is 2. The van der Waals surface area contributed by atoms with E-state index >= 15 is 0 Å². The standard InChI is InChI=1S/C25H21N3O6S2/c1-33-20-10-12-21(13-11-20)36(31,32)28-19-5-3-4-18(14-19)23(29)27-25-26-22(15-35-25)16-6-8-17(9-7-16)24(30)34-2/h3-15,28H,1-2H3,(H,26,27,29). The van der Waals surface area contributed by atoms with Crippen molar-refractivity contribution in [1.29, 1.82) is 0 Å². The average molecular weight is 524 g/mol. The van der Waals surface area contributed by atoms with Gasteiger partial charge in [-0.25, -0.2) is 18.2 Å². The highest BCUT2D eigenvalue weighted by Crippen LogP contribution is 2.26. The van der Waals surface area contributed by atoms with E-state index in [2.05, 4.69) is 15.0 Å². The van der Waals surface area contributed by atoms with Gasteiger partial charge < -0.3 is 9.47 Å². The van der Waals surface area contributed by atoms with E-state index in [0.717, 1.165) is 5.56 Å². The number of ether oxygens (including phenoxy) is 2. The molecule has 11 heteroatoms. The molecule has 0 aliphatic carbocycles. The molecule has 1 heterocycles. The molecule has 0 saturated heterocycles. The fourth-order valence-corrected chi connectivity index (χ4v) is 4.99. The second kappa shape index (κ2) is 10.6. The largest absolute Gasteiger partial charge is 0.497 e. The van der Waals surface area contributed by atoms with E-state index in [4.69, 9.17) is 9.47 Å². The Hall–Kier alpha value is -4.22. The molecule has 0 aliphatic heterocycles. The number of hydrogen-bond acceptors (Lipinski definition) is 8. The average Bonchev–Trinajstić information content (AvgIpc) is 3.36. The van der Waals surface area contributed by atoms with Crippen LogP contribution in [0.5, 0.6) is 5.75 Å². The molecule has 9 nitrogen and oxygen atoms in total. The Balaban J connectivity index is 1.45. The molecule has 0 aliphatic rings. The molecule has 0 saturated carbocycles. The lowest BCUT2D eigenvalue weighted by Crippen LogP contribution is -2.15. The molecule has 1 aromatic heterocycles. The minimum Gasteiger partial charge on any atom is -0.497 e. The monoisotopic (exact) mass is 523 g/mol. The van der Waals surface area contributed by atoms with Crippen LogP contribution in [0.3, 0.4) is 0 Å². The highest BCUT2D eigenvalue weighted by molar-refractivity contribution is 7.92. The van der Waals surface area contributed by atoms with Gasteiger partial charge in [0.1, 0.15) is 5.75 Å². The smallest absolute Gasteiger partial charge is 0.337 e. The third-order valence-electron chi connectivity index (χ3n) is 5.07. The fourth-order valence-electron chi connectivity index (χ4n) is 3.22. The number of carbonyl (C=O) groups is 2. The van der Waals surface area contributed by atoms with Gasteiger partial charge in [0, 0.05) is 22.2 Å². The number of hydrogen-bond donors (Lipinski definition) is 2. The predicted octanol–water partition coefficient (Wildman–Crippen LogP) is 4.66. The molecule has 0 atom stereocenters. The first-order chi connectivity index (χ1) is 17.3. The number of benzene rings is 3. The molecule has 3 aromatic carbocycles. The summed E-state index contributed by atoms with van der Waals surface area (Å²) < 4.78 is 37.6. The Morgan fingerprint density at radius 3 is 2.31 bits per heavy atom. The molecule has 4 aromatic rings. The molecule has 4 rings (SSSR count). The van der Waals surface area contributed by atoms with Crippen LogP contribution >= 0.6 is 11.3 Å². The van der Waals surface area contributed by atoms with Crippen molar-refractivity contribution in [2.24, 2.45) is 0 Å². The summed E-state index contributed by atoms with van der Waals surface area (Å²) >= 11 is 1.24. The zero-order valence-electron chi connectivity index (χ0n) is 19.2. The van der Waals surface area contributed by atoms with Crippen LogP contribution in [0.15, 0.2) is 83.1 Å². The first kappa shape index (κ1) is 24.9. The normalized spacial score (nSPS) is 10.9. The van der Waals surface area contributed by atoms with Crippen LogP contribution in [0.2, 0.25) is 0 Å². The minimum absolute atomic E-state index is 0.0630. The second-order valence-electron chi connectivity index (χ2n) is 7.42. The summed E-state index contributed by atoms with van der Waals surface area (Å²) in [5, 5.41) is 4.88. The van der Waals surface area contributed by atoms with Gasteiger partial charge in [0.05, 0.1) is 30.4 Å². The maximum absolute atomic E-state index is 12.8. The van der Waals surface area contributed by atoms with Crippen molar-refractivity contribution in [3.05, 3.63) is 89.3 Å². The fraction of sp³-hybridized carbons (Fsp3) is 0.0800. The third kappa shape index (κ3) is 5.70. The van der Waals surface area contributed by atoms with Crippen LogP contribution < -0.4 is 14.8 Å². The molecule has 0 bridgehead atoms. The number of nitrogens with one attached hydrogen (secondary N) is 2. The zero-order chi connectivity index (χ0) is 25.7. The Morgan fingerprint density at radius 1 is 0.917 bits per heavy atom. The van der Waals surface area contributed by atoms with Crippen molar-refractivity contribution in [3.63, 3.8) is 0 Å². The van der Waals surface area contributed by atoms with E-state index < -0.39 is 21.9 Å². The van der Waals surface area contributed by atoms with Gasteiger partial charge in [0.15, 0.2) is 5.13 Å². The van der Waals surface area contributed by atoms with Gasteiger partial charge in [-0.1, -0.05) is 18.2 Å². The SMILES string of the molecule is COC(=O)c1ccc(-c2csc(NC(=O)c3cccc(NS(=O)(=O)c4ccc(OC)cc4)c3)n2)cc1. The van der Waals surface area contributed by atoms with Crippen LogP contribution in [-0.4, -0.2) is 39.5 Å². The molecule has 1 amide bonds. The highest BCUT2D eigenvalue weighted by atomic mass is 32.2. The van der Waals surface area contributed by atoms with Crippen LogP contribution in [0.1, 0.15) is 20.7 Å². The Morgan fingerprint density at radius 2 is 1.64 bits per heavy atom. The lowest BCUT2D eigenvalue weighted by atomic mass is 10.1. The molecule has 2 N–H and O–H groups in total. The van der Waals surface area contributed by atoms with Crippen LogP contribution in [0.25, 0.3) is 11.3 Å². The molecule has 0 unspecified atom stereocenters. The summed E-state index contributed by atoms with van der Waals surface area (Å²) in [6.07, 6.45) is 0. The summed E-state index contributed by atoms with van der Waals surface area (Å²) in [5.41, 5.74) is 2.32. The van der Waals surface area contributed by atoms with Crippen molar-refractivity contribution >= 4 is 44.1 Å². The van der Waals surface area contributed by atoms with Crippen molar-refractivity contribution in [2.75, 3.05) is 24.3 Å². The van der Waals surface area contributed by atoms with Gasteiger partial charge in [-0.15, -0.1) is 11.3 Å². The number of nitrogens with zero attached hydrogens (tertiary/aromatic N) is 1. The van der Waals surface area contributed by atoms with Crippen LogP contribution in [0, 0.1) is 0 Å². The molecular weight excluding hydrogens is 502 g/mol. The summed E-state index contributed by atoms with van der Waals surface area (Å²) in [7, 11) is -1.04. The Labute approximate surface area is 211 Å². The maximum Gasteiger partial charge on any atom is 0.337 e. The molecule has 0 radical (unpaired) electrons. The van der Waals surface area contributed by atoms with E-state index in [-0.39, 0.29) is 16.1 Å². The number of methoxy groups -OCH3 is 2. The summed E-state index contributed by atoms with van der Waals surface area (Å²) in [6.45, 7) is 0. The Kier molecular flexibility index (Phi) is 7.32. The van der Waals surface area contributed by atoms with Gasteiger partial charge in [0.2, 0.25) is 0 Å². The van der Waals surface area contributed by atoms with Gasteiger partial charge >= 0.3 is 5.97 Å². The maximum atomic E-state index is 12.8. The first-order valence-corrected chi connectivity index (χ1v) is 12.9. The number of amides is 1. The molecular formula is C25H21N3O6S2. The number of thiazole rings is 1. The predicted molar refractivity (Wildman–Crippen MR) is 137 cm³/mol. The van der Waals surface area contributed by atoms with Crippen molar-refractivity contribution in [3.8, 4) is 17.0 Å². The summed E-state index contributed by atoms with van der Waals surface area (Å²) in [6, 6.07) is 18.9. The molecule has 0 spiro atoms. The molecule has 184 valence electrons. The molecule has 0 fully saturated rings. The quantitative estimate of drug-likeness (QED) is 0.322. The minimum atomic E-state index is -3.85. The van der Waals surface area contributed by atoms with E-state index in [1.54, 1.807) is 60.0 Å². The Bertz CT molecular complexity index is 1500. The van der Waals surface area contributed by atoms with E-state index in [1.165, 1.54) is 43.8 Å². The van der Waals surface area contributed by atoms with Gasteiger partial charge in [-0.3, -0.25) is 14.8 Å². The topological polar surface area (TPSA) is 124 Å². The van der Waals surface area contributed by atoms with E-state index in [1.807, 2.05) is 0 Å². The van der Waals surface area contributed by atoms with E-state index in [0.29, 0.717) is 22.1 Å². The number of sulfonamides is 1. The molecule has 36 heavy (non-hydrogen) atoms. The van der Waals surface area contributed by atoms with Crippen molar-refractivity contribution < 1.29 is 27.5 Å². The lowest BCUT2D eigenvalue weighted by molar-refractivity contribution is 0.0600. The number of rotatable bonds is 8. The van der Waals surface area contributed by atoms with Crippen LogP contribution in [0.4, 0.5) is 10.8 Å². The first-order valence-electron chi connectivity index (χ1n) is 10.5. The third-order valence-corrected chi connectivity index (χ3v) is 7.23. The number of anilines is 2. The number of aromatic nitrogens is 1. The van der Waals surface area contributed by atoms with Gasteiger partial charge in [0.25, 0.3) is 15.9 Å².